The molecular weight excluding hydrogens is 1020 g/mol. The van der Waals surface area contributed by atoms with E-state index in [-0.39, 0.29) is 60.8 Å². The summed E-state index contributed by atoms with van der Waals surface area (Å²) in [5, 5.41) is 0. The van der Waals surface area contributed by atoms with Crippen LogP contribution in [0.2, 0.25) is 0 Å². The summed E-state index contributed by atoms with van der Waals surface area (Å²) in [7, 11) is 0. The number of unbranched alkanes of at least 4 members (excludes halogenated alkanes) is 12. The molecule has 4 aliphatic heterocycles. The second-order valence-corrected chi connectivity index (χ2v) is 23.2. The van der Waals surface area contributed by atoms with Crippen LogP contribution in [0.15, 0.2) is 97.1 Å². The quantitative estimate of drug-likeness (QED) is 0.0675. The van der Waals surface area contributed by atoms with Crippen molar-refractivity contribution in [2.45, 2.75) is 180 Å². The molecule has 0 amide bonds. The molecule has 424 valence electrons. The molecule has 4 unspecified atom stereocenters. The number of rotatable bonds is 20. The topological polar surface area (TPSA) is 125 Å². The van der Waals surface area contributed by atoms with Crippen LogP contribution in [-0.4, -0.2) is 33.5 Å². The van der Waals surface area contributed by atoms with Crippen molar-refractivity contribution in [3.05, 3.63) is 142 Å². The van der Waals surface area contributed by atoms with Gasteiger partial charge in [0.1, 0.15) is 46.0 Å². The average Bonchev–Trinajstić information content (AvgIpc) is 2.42. The zero-order chi connectivity index (χ0) is 55.5. The second-order valence-electron chi connectivity index (χ2n) is 23.2. The van der Waals surface area contributed by atoms with Crippen molar-refractivity contribution in [1.29, 1.82) is 0 Å². The zero-order valence-electron chi connectivity index (χ0n) is 48.2. The Labute approximate surface area is 482 Å². The lowest BCUT2D eigenvalue weighted by molar-refractivity contribution is 0.105. The van der Waals surface area contributed by atoms with E-state index >= 15 is 0 Å². The minimum absolute atomic E-state index is 0.00703. The highest BCUT2D eigenvalue weighted by molar-refractivity contribution is 5.77. The van der Waals surface area contributed by atoms with Gasteiger partial charge in [-0.2, -0.15) is 0 Å². The predicted molar refractivity (Wildman–Crippen MR) is 320 cm³/mol. The maximum atomic E-state index is 7.33. The average molecular weight is 1100 g/mol. The van der Waals surface area contributed by atoms with E-state index < -0.39 is 0 Å². The molecule has 13 rings (SSSR count). The van der Waals surface area contributed by atoms with Crippen molar-refractivity contribution in [1.82, 2.24) is 19.9 Å². The van der Waals surface area contributed by atoms with Gasteiger partial charge in [-0.3, -0.25) is 0 Å². The molecule has 6 heterocycles. The number of para-hydroxylation sites is 4. The van der Waals surface area contributed by atoms with Gasteiger partial charge < -0.3 is 37.9 Å². The standard InChI is InChI=1S/C70H76N4O8/c1-5-9-13-17-25-43-47-33-48-44(26-18-14-10-6-2)50-35-52-46(28-20-16-12-8-4)54-36-53-45(27-19-15-11-7-3)51-34-49(43)61-38-63(51)79-67-69(73-57-31-23-21-29-55(57)71-67)81-65(53)40-66(54)82-70-68(72-56-30-22-24-32-58(56)74-70)80-64(52)39-62(50)78-42-76-60(48)37-59(47)75-41-77-61/h21-24,29-40,43-46H,5-20,25-28,41-42H2,1-4H3. The van der Waals surface area contributed by atoms with Crippen molar-refractivity contribution in [2.24, 2.45) is 0 Å². The van der Waals surface area contributed by atoms with E-state index in [4.69, 9.17) is 57.8 Å². The fourth-order valence-electron chi connectivity index (χ4n) is 13.4. The summed E-state index contributed by atoms with van der Waals surface area (Å²) < 4.78 is 56.5. The third-order valence-electron chi connectivity index (χ3n) is 17.7. The fourth-order valence-corrected chi connectivity index (χ4v) is 13.4. The van der Waals surface area contributed by atoms with Crippen LogP contribution in [0, 0.1) is 0 Å². The normalized spacial score (nSPS) is 17.7. The van der Waals surface area contributed by atoms with Gasteiger partial charge in [-0.25, -0.2) is 19.9 Å². The molecule has 6 aromatic carbocycles. The molecule has 0 radical (unpaired) electrons. The van der Waals surface area contributed by atoms with Gasteiger partial charge in [-0.15, -0.1) is 0 Å². The van der Waals surface area contributed by atoms with E-state index in [0.717, 1.165) is 196 Å². The Hall–Kier alpha value is -7.60. The summed E-state index contributed by atoms with van der Waals surface area (Å²) in [4.78, 5) is 20.7. The van der Waals surface area contributed by atoms with E-state index in [2.05, 4.69) is 76.2 Å². The highest BCUT2D eigenvalue weighted by Crippen LogP contribution is 2.57. The molecule has 5 aliphatic rings. The van der Waals surface area contributed by atoms with Crippen LogP contribution >= 0.6 is 0 Å². The van der Waals surface area contributed by atoms with Gasteiger partial charge in [0.15, 0.2) is 0 Å². The van der Waals surface area contributed by atoms with Gasteiger partial charge in [0.05, 0.1) is 22.1 Å². The molecule has 2 aromatic heterocycles. The first-order valence-corrected chi connectivity index (χ1v) is 30.9. The molecule has 82 heavy (non-hydrogen) atoms. The second kappa shape index (κ2) is 24.1. The minimum atomic E-state index is -0.216. The molecule has 0 saturated heterocycles. The number of fused-ring (bicyclic) bond motifs is 4. The highest BCUT2D eigenvalue weighted by atomic mass is 16.7. The smallest absolute Gasteiger partial charge is 0.284 e. The molecule has 0 N–H and O–H groups in total. The SMILES string of the molecule is CCCCCCC1c2cc3c4cc2OCOc2cc5c(cc21)C(CCCCCC)c1cc2c(cc1Oc1nc6ccccc6nc1O5)Oc1nc5ccccc5nc1Oc1cc(c(cc1C2CCCCCC)C3CCCCCC)OCO4. The van der Waals surface area contributed by atoms with E-state index in [1.807, 2.05) is 48.5 Å². The third-order valence-corrected chi connectivity index (χ3v) is 17.7. The van der Waals surface area contributed by atoms with E-state index in [1.165, 1.54) is 0 Å². The van der Waals surface area contributed by atoms with Crippen LogP contribution < -0.4 is 37.9 Å². The van der Waals surface area contributed by atoms with Crippen LogP contribution in [-0.2, 0) is 0 Å². The first kappa shape index (κ1) is 53.7. The van der Waals surface area contributed by atoms with Crippen LogP contribution in [0.3, 0.4) is 0 Å². The summed E-state index contributed by atoms with van der Waals surface area (Å²) in [6.07, 6.45) is 20.9. The molecular formula is C70H76N4O8. The first-order chi connectivity index (χ1) is 40.5. The van der Waals surface area contributed by atoms with Crippen LogP contribution in [0.4, 0.5) is 0 Å². The summed E-state index contributed by atoms with van der Waals surface area (Å²) in [5.41, 5.74) is 11.4. The molecule has 8 aromatic rings. The maximum absolute atomic E-state index is 7.33. The van der Waals surface area contributed by atoms with E-state index in [1.54, 1.807) is 0 Å². The van der Waals surface area contributed by atoms with Crippen molar-refractivity contribution >= 4 is 22.1 Å². The fraction of sp³-hybridized carbons (Fsp3) is 0.429. The lowest BCUT2D eigenvalue weighted by Crippen LogP contribution is -2.20. The summed E-state index contributed by atoms with van der Waals surface area (Å²) in [5.74, 6) is 5.88. The van der Waals surface area contributed by atoms with E-state index in [9.17, 15) is 0 Å². The zero-order valence-corrected chi connectivity index (χ0v) is 48.2. The molecule has 1 aliphatic carbocycles. The third kappa shape index (κ3) is 10.6. The van der Waals surface area contributed by atoms with Crippen LogP contribution in [0.5, 0.6) is 69.5 Å². The number of benzene rings is 6. The summed E-state index contributed by atoms with van der Waals surface area (Å²) in [6, 6.07) is 33.8. The van der Waals surface area contributed by atoms with Gasteiger partial charge in [0.25, 0.3) is 23.5 Å². The van der Waals surface area contributed by atoms with Gasteiger partial charge in [-0.05, 0) is 74.2 Å². The Balaban J connectivity index is 1.16. The predicted octanol–water partition coefficient (Wildman–Crippen LogP) is 19.5. The number of ether oxygens (including phenoxy) is 8. The number of aromatic nitrogens is 4. The summed E-state index contributed by atoms with van der Waals surface area (Å²) in [6.45, 7) is 9.09. The lowest BCUT2D eigenvalue weighted by Gasteiger charge is -2.33. The Bertz CT molecular complexity index is 3410. The number of hydrogen-bond acceptors (Lipinski definition) is 12. The monoisotopic (exact) mass is 1100 g/mol. The Kier molecular flexibility index (Phi) is 15.8. The molecule has 12 nitrogen and oxygen atoms in total. The molecule has 0 saturated carbocycles. The molecule has 8 bridgehead atoms. The van der Waals surface area contributed by atoms with Gasteiger partial charge >= 0.3 is 0 Å². The molecule has 12 heteroatoms. The molecule has 0 fully saturated rings. The Morgan fingerprint density at radius 2 is 0.524 bits per heavy atom. The largest absolute Gasteiger partial charge is 0.457 e. The van der Waals surface area contributed by atoms with E-state index in [0.29, 0.717) is 45.1 Å². The van der Waals surface area contributed by atoms with Crippen molar-refractivity contribution in [3.63, 3.8) is 0 Å². The summed E-state index contributed by atoms with van der Waals surface area (Å²) >= 11 is 0. The van der Waals surface area contributed by atoms with Crippen LogP contribution in [0.25, 0.3) is 22.1 Å². The maximum Gasteiger partial charge on any atom is 0.284 e. The Morgan fingerprint density at radius 3 is 0.780 bits per heavy atom. The first-order valence-electron chi connectivity index (χ1n) is 30.9. The highest BCUT2D eigenvalue weighted by Gasteiger charge is 2.38. The minimum Gasteiger partial charge on any atom is -0.457 e. The van der Waals surface area contributed by atoms with Crippen molar-refractivity contribution in [3.8, 4) is 69.5 Å². The number of nitrogens with zero attached hydrogens (tertiary/aromatic N) is 4. The Morgan fingerprint density at radius 1 is 0.293 bits per heavy atom. The van der Waals surface area contributed by atoms with Crippen molar-refractivity contribution < 1.29 is 37.9 Å². The number of hydrogen-bond donors (Lipinski definition) is 0. The van der Waals surface area contributed by atoms with Gasteiger partial charge in [-0.1, -0.05) is 155 Å². The van der Waals surface area contributed by atoms with Crippen molar-refractivity contribution in [2.75, 3.05) is 13.6 Å². The molecule has 0 spiro atoms. The van der Waals surface area contributed by atoms with Gasteiger partial charge in [0.2, 0.25) is 13.6 Å². The van der Waals surface area contributed by atoms with Crippen LogP contribution in [0.1, 0.15) is 224 Å². The van der Waals surface area contributed by atoms with Gasteiger partial charge in [0, 0.05) is 92.4 Å². The lowest BCUT2D eigenvalue weighted by atomic mass is 9.76. The molecule has 4 atom stereocenters.